The van der Waals surface area contributed by atoms with Gasteiger partial charge < -0.3 is 10.1 Å². The zero-order chi connectivity index (χ0) is 21.3. The molecule has 0 bridgehead atoms. The minimum atomic E-state index is -0.310. The maximum absolute atomic E-state index is 13.0. The standard InChI is InChI=1S/C26H34N2O2/c1-18-11-13-28(14-12-18)17-20-6-8-21(9-7-20)25(29)27-23-16-26(3,4)30-24-10-5-19(2)15-22(23)24/h5-10,15,18,23H,11-14,16-17H2,1-4H3,(H,27,29)/t23-/m1/s1. The minimum Gasteiger partial charge on any atom is -0.487 e. The van der Waals surface area contributed by atoms with Crippen molar-refractivity contribution in [3.63, 3.8) is 0 Å². The average molecular weight is 407 g/mol. The van der Waals surface area contributed by atoms with Crippen molar-refractivity contribution in [2.24, 2.45) is 5.92 Å². The number of amides is 1. The van der Waals surface area contributed by atoms with E-state index in [0.29, 0.717) is 5.56 Å². The molecule has 0 unspecified atom stereocenters. The maximum Gasteiger partial charge on any atom is 0.251 e. The maximum atomic E-state index is 13.0. The molecule has 0 spiro atoms. The predicted molar refractivity (Wildman–Crippen MR) is 121 cm³/mol. The number of nitrogens with one attached hydrogen (secondary N) is 1. The van der Waals surface area contributed by atoms with E-state index in [1.54, 1.807) is 0 Å². The SMILES string of the molecule is Cc1ccc2c(c1)[C@H](NC(=O)c1ccc(CN3CCC(C)CC3)cc1)CC(C)(C)O2. The number of aryl methyl sites for hydroxylation is 1. The van der Waals surface area contributed by atoms with E-state index in [1.807, 2.05) is 18.2 Å². The summed E-state index contributed by atoms with van der Waals surface area (Å²) in [6.45, 7) is 11.9. The molecule has 1 amide bonds. The summed E-state index contributed by atoms with van der Waals surface area (Å²) in [5, 5.41) is 3.25. The summed E-state index contributed by atoms with van der Waals surface area (Å²) in [7, 11) is 0. The molecule has 2 heterocycles. The van der Waals surface area contributed by atoms with Crippen LogP contribution in [0.1, 0.15) is 73.1 Å². The van der Waals surface area contributed by atoms with Gasteiger partial charge >= 0.3 is 0 Å². The molecule has 1 saturated heterocycles. The van der Waals surface area contributed by atoms with E-state index in [2.05, 4.69) is 62.2 Å². The second kappa shape index (κ2) is 8.43. The zero-order valence-electron chi connectivity index (χ0n) is 18.7. The lowest BCUT2D eigenvalue weighted by atomic mass is 9.88. The summed E-state index contributed by atoms with van der Waals surface area (Å²) in [5.41, 5.74) is 3.92. The molecule has 2 aliphatic rings. The van der Waals surface area contributed by atoms with E-state index >= 15 is 0 Å². The number of hydrogen-bond acceptors (Lipinski definition) is 3. The van der Waals surface area contributed by atoms with E-state index in [-0.39, 0.29) is 17.6 Å². The van der Waals surface area contributed by atoms with Crippen molar-refractivity contribution in [2.75, 3.05) is 13.1 Å². The van der Waals surface area contributed by atoms with Crippen LogP contribution in [0.3, 0.4) is 0 Å². The third-order valence-electron chi connectivity index (χ3n) is 6.43. The van der Waals surface area contributed by atoms with Gasteiger partial charge in [0.1, 0.15) is 11.4 Å². The van der Waals surface area contributed by atoms with Gasteiger partial charge in [-0.1, -0.05) is 36.8 Å². The summed E-state index contributed by atoms with van der Waals surface area (Å²) >= 11 is 0. The summed E-state index contributed by atoms with van der Waals surface area (Å²) in [5.74, 6) is 1.69. The van der Waals surface area contributed by atoms with Crippen LogP contribution in [0, 0.1) is 12.8 Å². The number of nitrogens with zero attached hydrogens (tertiary/aromatic N) is 1. The largest absolute Gasteiger partial charge is 0.487 e. The Morgan fingerprint density at radius 1 is 1.13 bits per heavy atom. The number of carbonyl (C=O) groups excluding carboxylic acids is 1. The van der Waals surface area contributed by atoms with Crippen molar-refractivity contribution in [3.05, 3.63) is 64.7 Å². The van der Waals surface area contributed by atoms with E-state index in [9.17, 15) is 4.79 Å². The number of piperidine rings is 1. The van der Waals surface area contributed by atoms with Crippen LogP contribution >= 0.6 is 0 Å². The van der Waals surface area contributed by atoms with Crippen LogP contribution in [0.5, 0.6) is 5.75 Å². The molecule has 2 aliphatic heterocycles. The van der Waals surface area contributed by atoms with Gasteiger partial charge in [-0.2, -0.15) is 0 Å². The Kier molecular flexibility index (Phi) is 5.88. The highest BCUT2D eigenvalue weighted by Gasteiger charge is 2.34. The summed E-state index contributed by atoms with van der Waals surface area (Å²) in [6.07, 6.45) is 3.31. The summed E-state index contributed by atoms with van der Waals surface area (Å²) in [6, 6.07) is 14.3. The van der Waals surface area contributed by atoms with Crippen molar-refractivity contribution >= 4 is 5.91 Å². The molecule has 30 heavy (non-hydrogen) atoms. The molecule has 4 rings (SSSR count). The van der Waals surface area contributed by atoms with Crippen LogP contribution in [0.15, 0.2) is 42.5 Å². The minimum absolute atomic E-state index is 0.0245. The fourth-order valence-corrected chi connectivity index (χ4v) is 4.58. The van der Waals surface area contributed by atoms with Gasteiger partial charge in [0.05, 0.1) is 6.04 Å². The third-order valence-corrected chi connectivity index (χ3v) is 6.43. The Labute approximate surface area is 180 Å². The van der Waals surface area contributed by atoms with Crippen LogP contribution in [0.4, 0.5) is 0 Å². The number of fused-ring (bicyclic) bond motifs is 1. The first-order valence-corrected chi connectivity index (χ1v) is 11.2. The molecular weight excluding hydrogens is 372 g/mol. The lowest BCUT2D eigenvalue weighted by Gasteiger charge is -2.38. The highest BCUT2D eigenvalue weighted by Crippen LogP contribution is 2.40. The molecule has 1 N–H and O–H groups in total. The number of carbonyl (C=O) groups is 1. The highest BCUT2D eigenvalue weighted by atomic mass is 16.5. The van der Waals surface area contributed by atoms with Gasteiger partial charge in [0.15, 0.2) is 0 Å². The van der Waals surface area contributed by atoms with E-state index in [0.717, 1.165) is 30.2 Å². The quantitative estimate of drug-likeness (QED) is 0.753. The summed E-state index contributed by atoms with van der Waals surface area (Å²) < 4.78 is 6.13. The Morgan fingerprint density at radius 3 is 2.53 bits per heavy atom. The molecule has 2 aromatic rings. The van der Waals surface area contributed by atoms with Crippen molar-refractivity contribution in [1.82, 2.24) is 10.2 Å². The van der Waals surface area contributed by atoms with Gasteiger partial charge in [0.25, 0.3) is 5.91 Å². The van der Waals surface area contributed by atoms with Crippen molar-refractivity contribution in [1.29, 1.82) is 0 Å². The fraction of sp³-hybridized carbons (Fsp3) is 0.500. The van der Waals surface area contributed by atoms with Crippen molar-refractivity contribution in [3.8, 4) is 5.75 Å². The van der Waals surface area contributed by atoms with Gasteiger partial charge in [-0.3, -0.25) is 9.69 Å². The molecule has 0 aliphatic carbocycles. The van der Waals surface area contributed by atoms with Gasteiger partial charge in [-0.15, -0.1) is 0 Å². The predicted octanol–water partition coefficient (Wildman–Crippen LogP) is 5.26. The molecular formula is C26H34N2O2. The molecule has 2 aromatic carbocycles. The lowest BCUT2D eigenvalue weighted by molar-refractivity contribution is 0.0619. The summed E-state index contributed by atoms with van der Waals surface area (Å²) in [4.78, 5) is 15.5. The van der Waals surface area contributed by atoms with Crippen LogP contribution in [0.2, 0.25) is 0 Å². The van der Waals surface area contributed by atoms with Crippen LogP contribution < -0.4 is 10.1 Å². The van der Waals surface area contributed by atoms with Gasteiger partial charge in [-0.25, -0.2) is 0 Å². The van der Waals surface area contributed by atoms with Gasteiger partial charge in [0.2, 0.25) is 0 Å². The second-order valence-corrected chi connectivity index (χ2v) is 9.79. The molecule has 1 atom stereocenters. The first kappa shape index (κ1) is 20.9. The van der Waals surface area contributed by atoms with Crippen LogP contribution in [0.25, 0.3) is 0 Å². The zero-order valence-corrected chi connectivity index (χ0v) is 18.7. The smallest absolute Gasteiger partial charge is 0.251 e. The van der Waals surface area contributed by atoms with E-state index < -0.39 is 0 Å². The van der Waals surface area contributed by atoms with Gasteiger partial charge in [-0.05, 0) is 76.4 Å². The van der Waals surface area contributed by atoms with Crippen LogP contribution in [-0.4, -0.2) is 29.5 Å². The molecule has 0 radical (unpaired) electrons. The highest BCUT2D eigenvalue weighted by molar-refractivity contribution is 5.94. The van der Waals surface area contributed by atoms with Crippen molar-refractivity contribution in [2.45, 2.75) is 65.1 Å². The number of likely N-dealkylation sites (tertiary alicyclic amines) is 1. The fourth-order valence-electron chi connectivity index (χ4n) is 4.58. The Bertz CT molecular complexity index is 896. The second-order valence-electron chi connectivity index (χ2n) is 9.79. The van der Waals surface area contributed by atoms with E-state index in [4.69, 9.17) is 4.74 Å². The molecule has 0 aromatic heterocycles. The first-order chi connectivity index (χ1) is 14.3. The third kappa shape index (κ3) is 4.86. The number of rotatable bonds is 4. The number of ether oxygens (including phenoxy) is 1. The molecule has 1 fully saturated rings. The topological polar surface area (TPSA) is 41.6 Å². The first-order valence-electron chi connectivity index (χ1n) is 11.2. The van der Waals surface area contributed by atoms with Gasteiger partial charge in [0, 0.05) is 24.1 Å². The van der Waals surface area contributed by atoms with E-state index in [1.165, 1.54) is 37.1 Å². The molecule has 160 valence electrons. The number of benzene rings is 2. The Hall–Kier alpha value is -2.33. The van der Waals surface area contributed by atoms with Crippen LogP contribution in [-0.2, 0) is 6.54 Å². The number of hydrogen-bond donors (Lipinski definition) is 1. The monoisotopic (exact) mass is 406 g/mol. The Morgan fingerprint density at radius 2 is 1.83 bits per heavy atom. The molecule has 4 heteroatoms. The normalized spacial score (nSPS) is 21.5. The lowest BCUT2D eigenvalue weighted by Crippen LogP contribution is -2.41. The molecule has 0 saturated carbocycles. The molecule has 4 nitrogen and oxygen atoms in total. The Balaban J connectivity index is 1.43. The van der Waals surface area contributed by atoms with Crippen molar-refractivity contribution < 1.29 is 9.53 Å². The average Bonchev–Trinajstić information content (AvgIpc) is 2.70.